The molecule has 0 amide bonds. The van der Waals surface area contributed by atoms with Crippen LogP contribution >= 0.6 is 47.8 Å². The van der Waals surface area contributed by atoms with E-state index in [0.717, 1.165) is 35.4 Å². The average Bonchev–Trinajstić information content (AvgIpc) is 2.65. The normalized spacial score (nSPS) is 11.4. The lowest BCUT2D eigenvalue weighted by molar-refractivity contribution is 0.666. The second-order valence-electron chi connectivity index (χ2n) is 3.46. The predicted octanol–water partition coefficient (Wildman–Crippen LogP) is 5.87. The van der Waals surface area contributed by atoms with Crippen molar-refractivity contribution in [1.82, 2.24) is 0 Å². The smallest absolute Gasteiger partial charge is 0.151 e. The highest BCUT2D eigenvalue weighted by molar-refractivity contribution is 9.13. The predicted molar refractivity (Wildman–Crippen MR) is 76.8 cm³/mol. The van der Waals surface area contributed by atoms with Crippen molar-refractivity contribution in [2.75, 3.05) is 0 Å². The van der Waals surface area contributed by atoms with E-state index in [1.807, 2.05) is 24.3 Å². The Kier molecular flexibility index (Phi) is 2.61. The van der Waals surface area contributed by atoms with Crippen molar-refractivity contribution < 1.29 is 4.42 Å². The van der Waals surface area contributed by atoms with Crippen molar-refractivity contribution in [3.05, 3.63) is 43.7 Å². The summed E-state index contributed by atoms with van der Waals surface area (Å²) in [5, 5.41) is 2.23. The van der Waals surface area contributed by atoms with E-state index in [2.05, 4.69) is 53.9 Å². The minimum absolute atomic E-state index is 0.863. The minimum atomic E-state index is 0.863. The molecule has 0 spiro atoms. The first-order valence-electron chi connectivity index (χ1n) is 4.63. The number of fused-ring (bicyclic) bond motifs is 3. The number of halogens is 3. The Bertz CT molecular complexity index is 700. The number of hydrogen-bond donors (Lipinski definition) is 0. The van der Waals surface area contributed by atoms with Gasteiger partial charge in [0.25, 0.3) is 0 Å². The summed E-state index contributed by atoms with van der Waals surface area (Å²) < 4.78 is 8.79. The van der Waals surface area contributed by atoms with Crippen LogP contribution in [0.15, 0.2) is 48.2 Å². The van der Waals surface area contributed by atoms with E-state index < -0.39 is 0 Å². The number of benzene rings is 2. The Morgan fingerprint density at radius 3 is 2.50 bits per heavy atom. The maximum Gasteiger partial charge on any atom is 0.151 e. The largest absolute Gasteiger partial charge is 0.455 e. The Hall–Kier alpha value is -0.320. The molecular formula is C12H5Br3O. The molecule has 0 bridgehead atoms. The van der Waals surface area contributed by atoms with Gasteiger partial charge in [0.15, 0.2) is 5.58 Å². The van der Waals surface area contributed by atoms with E-state index in [4.69, 9.17) is 4.42 Å². The zero-order valence-corrected chi connectivity index (χ0v) is 12.7. The lowest BCUT2D eigenvalue weighted by Gasteiger charge is -1.99. The van der Waals surface area contributed by atoms with Crippen molar-refractivity contribution in [2.24, 2.45) is 0 Å². The van der Waals surface area contributed by atoms with Crippen LogP contribution in [0.2, 0.25) is 0 Å². The van der Waals surface area contributed by atoms with E-state index in [1.54, 1.807) is 0 Å². The van der Waals surface area contributed by atoms with Gasteiger partial charge in [-0.1, -0.05) is 18.2 Å². The molecule has 0 saturated heterocycles. The van der Waals surface area contributed by atoms with Crippen LogP contribution in [-0.2, 0) is 0 Å². The first-order chi connectivity index (χ1) is 7.68. The molecule has 1 nitrogen and oxygen atoms in total. The second kappa shape index (κ2) is 3.86. The molecule has 0 aliphatic heterocycles. The molecule has 3 rings (SSSR count). The highest BCUT2D eigenvalue weighted by Crippen LogP contribution is 2.41. The van der Waals surface area contributed by atoms with E-state index in [1.165, 1.54) is 0 Å². The molecule has 2 aromatic carbocycles. The van der Waals surface area contributed by atoms with Gasteiger partial charge in [-0.3, -0.25) is 0 Å². The molecule has 0 fully saturated rings. The zero-order valence-electron chi connectivity index (χ0n) is 7.93. The highest BCUT2D eigenvalue weighted by atomic mass is 79.9. The van der Waals surface area contributed by atoms with Crippen molar-refractivity contribution in [3.63, 3.8) is 0 Å². The van der Waals surface area contributed by atoms with Gasteiger partial charge in [0.1, 0.15) is 5.58 Å². The van der Waals surface area contributed by atoms with E-state index in [9.17, 15) is 0 Å². The molecule has 1 heterocycles. The molecule has 3 aromatic rings. The molecule has 0 unspecified atom stereocenters. The van der Waals surface area contributed by atoms with Gasteiger partial charge in [0.05, 0.1) is 4.47 Å². The molecule has 0 radical (unpaired) electrons. The first-order valence-corrected chi connectivity index (χ1v) is 7.01. The third-order valence-corrected chi connectivity index (χ3v) is 5.07. The fourth-order valence-electron chi connectivity index (χ4n) is 1.79. The second-order valence-corrected chi connectivity index (χ2v) is 5.96. The number of hydrogen-bond acceptors (Lipinski definition) is 1. The van der Waals surface area contributed by atoms with Gasteiger partial charge < -0.3 is 4.42 Å². The molecule has 0 aliphatic rings. The molecule has 0 aliphatic carbocycles. The summed E-state index contributed by atoms with van der Waals surface area (Å²) in [6, 6.07) is 10.0. The fraction of sp³-hybridized carbons (Fsp3) is 0. The first kappa shape index (κ1) is 10.8. The van der Waals surface area contributed by atoms with Crippen LogP contribution in [0.1, 0.15) is 0 Å². The topological polar surface area (TPSA) is 13.1 Å². The third-order valence-electron chi connectivity index (χ3n) is 2.50. The quantitative estimate of drug-likeness (QED) is 0.427. The van der Waals surface area contributed by atoms with Crippen molar-refractivity contribution in [3.8, 4) is 0 Å². The lowest BCUT2D eigenvalue weighted by atomic mass is 10.1. The summed E-state index contributed by atoms with van der Waals surface area (Å²) in [6.45, 7) is 0. The molecule has 1 aromatic heterocycles. The van der Waals surface area contributed by atoms with Gasteiger partial charge in [-0.05, 0) is 59.9 Å². The summed E-state index contributed by atoms with van der Waals surface area (Å²) in [5.41, 5.74) is 1.76. The number of rotatable bonds is 0. The minimum Gasteiger partial charge on any atom is -0.455 e. The van der Waals surface area contributed by atoms with Crippen molar-refractivity contribution in [2.45, 2.75) is 0 Å². The maximum atomic E-state index is 5.84. The SMILES string of the molecule is Brc1cc(Br)c2c(oc3ccccc32)c1Br. The maximum absolute atomic E-state index is 5.84. The monoisotopic (exact) mass is 402 g/mol. The van der Waals surface area contributed by atoms with Crippen LogP contribution in [0.3, 0.4) is 0 Å². The van der Waals surface area contributed by atoms with Crippen LogP contribution < -0.4 is 0 Å². The van der Waals surface area contributed by atoms with E-state index in [-0.39, 0.29) is 0 Å². The summed E-state index contributed by atoms with van der Waals surface area (Å²) in [7, 11) is 0. The third kappa shape index (κ3) is 1.47. The standard InChI is InChI=1S/C12H5Br3O/c13-7-5-8(14)11(15)12-10(7)6-3-1-2-4-9(6)16-12/h1-5H. The summed E-state index contributed by atoms with van der Waals surface area (Å²) in [6.07, 6.45) is 0. The summed E-state index contributed by atoms with van der Waals surface area (Å²) >= 11 is 10.6. The number of para-hydroxylation sites is 1. The molecule has 0 atom stereocenters. The van der Waals surface area contributed by atoms with Gasteiger partial charge >= 0.3 is 0 Å². The fourth-order valence-corrected chi connectivity index (χ4v) is 3.52. The average molecular weight is 405 g/mol. The highest BCUT2D eigenvalue weighted by Gasteiger charge is 2.14. The van der Waals surface area contributed by atoms with Gasteiger partial charge in [-0.2, -0.15) is 0 Å². The lowest BCUT2D eigenvalue weighted by Crippen LogP contribution is -1.74. The van der Waals surface area contributed by atoms with E-state index >= 15 is 0 Å². The zero-order chi connectivity index (χ0) is 11.3. The number of furan rings is 1. The molecule has 80 valence electrons. The van der Waals surface area contributed by atoms with Crippen LogP contribution in [0.4, 0.5) is 0 Å². The van der Waals surface area contributed by atoms with Gasteiger partial charge in [-0.25, -0.2) is 0 Å². The Balaban J connectivity index is 2.64. The van der Waals surface area contributed by atoms with Crippen LogP contribution in [0, 0.1) is 0 Å². The van der Waals surface area contributed by atoms with Gasteiger partial charge in [0.2, 0.25) is 0 Å². The molecular weight excluding hydrogens is 400 g/mol. The molecule has 16 heavy (non-hydrogen) atoms. The molecule has 4 heteroatoms. The summed E-state index contributed by atoms with van der Waals surface area (Å²) in [4.78, 5) is 0. The van der Waals surface area contributed by atoms with E-state index in [0.29, 0.717) is 0 Å². The van der Waals surface area contributed by atoms with Crippen molar-refractivity contribution >= 4 is 69.7 Å². The van der Waals surface area contributed by atoms with Crippen molar-refractivity contribution in [1.29, 1.82) is 0 Å². The van der Waals surface area contributed by atoms with Gasteiger partial charge in [-0.15, -0.1) is 0 Å². The Labute approximate surface area is 117 Å². The van der Waals surface area contributed by atoms with Gasteiger partial charge in [0, 0.05) is 19.7 Å². The summed E-state index contributed by atoms with van der Waals surface area (Å²) in [5.74, 6) is 0. The van der Waals surface area contributed by atoms with Crippen LogP contribution in [-0.4, -0.2) is 0 Å². The Morgan fingerprint density at radius 1 is 0.938 bits per heavy atom. The van der Waals surface area contributed by atoms with Crippen LogP contribution in [0.25, 0.3) is 21.9 Å². The molecule has 0 saturated carbocycles. The van der Waals surface area contributed by atoms with Crippen LogP contribution in [0.5, 0.6) is 0 Å². The molecule has 0 N–H and O–H groups in total. The Morgan fingerprint density at radius 2 is 1.69 bits per heavy atom.